The minimum Gasteiger partial charge on any atom is -0.325 e. The molecule has 15 heavy (non-hydrogen) atoms. The van der Waals surface area contributed by atoms with E-state index in [1.807, 2.05) is 13.1 Å². The first kappa shape index (κ1) is 10.8. The molecule has 2 rings (SSSR count). The maximum Gasteiger partial charge on any atom is 0.122 e. The zero-order valence-corrected chi connectivity index (χ0v) is 9.61. The van der Waals surface area contributed by atoms with Crippen molar-refractivity contribution in [2.75, 3.05) is 19.6 Å². The highest BCUT2D eigenvalue weighted by molar-refractivity contribution is 6.29. The van der Waals surface area contributed by atoms with Gasteiger partial charge in [-0.05, 0) is 26.7 Å². The third-order valence-corrected chi connectivity index (χ3v) is 3.30. The summed E-state index contributed by atoms with van der Waals surface area (Å²) >= 11 is 0. The van der Waals surface area contributed by atoms with Gasteiger partial charge in [0.25, 0.3) is 0 Å². The van der Waals surface area contributed by atoms with Crippen LogP contribution in [0.25, 0.3) is 0 Å². The molecule has 0 bridgehead atoms. The van der Waals surface area contributed by atoms with Crippen LogP contribution in [0.4, 0.5) is 0 Å². The molecule has 4 nitrogen and oxygen atoms in total. The van der Waals surface area contributed by atoms with Crippen molar-refractivity contribution >= 4 is 11.9 Å². The molecule has 2 aliphatic rings. The highest BCUT2D eigenvalue weighted by Gasteiger charge is 2.29. The van der Waals surface area contributed by atoms with Gasteiger partial charge in [0.1, 0.15) is 6.17 Å². The van der Waals surface area contributed by atoms with Gasteiger partial charge in [0.15, 0.2) is 0 Å². The number of nitrogens with two attached hydrogens (primary N) is 1. The molecular weight excluding hydrogens is 188 g/mol. The molecule has 1 saturated heterocycles. The molecule has 0 aliphatic carbocycles. The van der Waals surface area contributed by atoms with Gasteiger partial charge in [0.05, 0.1) is 6.54 Å². The van der Waals surface area contributed by atoms with Crippen LogP contribution in [0.15, 0.2) is 9.98 Å². The van der Waals surface area contributed by atoms with Crippen LogP contribution in [-0.4, -0.2) is 48.2 Å². The fraction of sp³-hybridized carbons (Fsp3) is 0.818. The number of piperidine rings is 1. The van der Waals surface area contributed by atoms with Gasteiger partial charge in [-0.25, -0.2) is 0 Å². The van der Waals surface area contributed by atoms with Gasteiger partial charge in [0.2, 0.25) is 0 Å². The molecular formula is C11H20N4. The Morgan fingerprint density at radius 2 is 2.13 bits per heavy atom. The first-order valence-electron chi connectivity index (χ1n) is 5.64. The monoisotopic (exact) mass is 208 g/mol. The van der Waals surface area contributed by atoms with Crippen LogP contribution in [0.2, 0.25) is 0 Å². The summed E-state index contributed by atoms with van der Waals surface area (Å²) in [5.41, 5.74) is 7.16. The van der Waals surface area contributed by atoms with Gasteiger partial charge >= 0.3 is 0 Å². The van der Waals surface area contributed by atoms with Crippen molar-refractivity contribution in [1.29, 1.82) is 0 Å². The Bertz CT molecular complexity index is 283. The van der Waals surface area contributed by atoms with Crippen LogP contribution in [0.3, 0.4) is 0 Å². The standard InChI is InChI=1S/C11H20N4/c1-9-7-14-10(8-13-9)15-5-3-11(2,12)4-6-15/h7,10H,3-6,8,12H2,1-2H3. The average molecular weight is 208 g/mol. The number of hydrogen-bond donors (Lipinski definition) is 1. The van der Waals surface area contributed by atoms with Crippen molar-refractivity contribution < 1.29 is 0 Å². The van der Waals surface area contributed by atoms with Gasteiger partial charge in [-0.2, -0.15) is 0 Å². The van der Waals surface area contributed by atoms with Crippen LogP contribution in [0, 0.1) is 0 Å². The quantitative estimate of drug-likeness (QED) is 0.688. The summed E-state index contributed by atoms with van der Waals surface area (Å²) in [6.45, 7) is 7.03. The van der Waals surface area contributed by atoms with Gasteiger partial charge < -0.3 is 5.73 Å². The average Bonchev–Trinajstić information content (AvgIpc) is 2.20. The number of aliphatic imine (C=N–C) groups is 2. The van der Waals surface area contributed by atoms with E-state index in [2.05, 4.69) is 21.8 Å². The summed E-state index contributed by atoms with van der Waals surface area (Å²) in [6.07, 6.45) is 4.25. The van der Waals surface area contributed by atoms with E-state index in [0.29, 0.717) is 0 Å². The number of nitrogens with zero attached hydrogens (tertiary/aromatic N) is 3. The lowest BCUT2D eigenvalue weighted by molar-refractivity contribution is 0.130. The lowest BCUT2D eigenvalue weighted by Gasteiger charge is -2.39. The van der Waals surface area contributed by atoms with E-state index in [4.69, 9.17) is 5.73 Å². The summed E-state index contributed by atoms with van der Waals surface area (Å²) in [4.78, 5) is 11.3. The predicted molar refractivity (Wildman–Crippen MR) is 63.7 cm³/mol. The Kier molecular flexibility index (Phi) is 2.89. The number of hydrogen-bond acceptors (Lipinski definition) is 4. The molecule has 1 unspecified atom stereocenters. The third-order valence-electron chi connectivity index (χ3n) is 3.30. The maximum absolute atomic E-state index is 6.10. The summed E-state index contributed by atoms with van der Waals surface area (Å²) < 4.78 is 0. The molecule has 2 aliphatic heterocycles. The van der Waals surface area contributed by atoms with E-state index in [1.54, 1.807) is 0 Å². The van der Waals surface area contributed by atoms with Crippen LogP contribution in [0.5, 0.6) is 0 Å². The minimum absolute atomic E-state index is 0.0219. The first-order valence-corrected chi connectivity index (χ1v) is 5.64. The van der Waals surface area contributed by atoms with E-state index in [-0.39, 0.29) is 11.7 Å². The molecule has 0 saturated carbocycles. The third kappa shape index (κ3) is 2.63. The maximum atomic E-state index is 6.10. The second-order valence-corrected chi connectivity index (χ2v) is 4.93. The molecule has 2 N–H and O–H groups in total. The van der Waals surface area contributed by atoms with E-state index in [0.717, 1.165) is 38.2 Å². The fourth-order valence-corrected chi connectivity index (χ4v) is 2.05. The molecule has 2 heterocycles. The second-order valence-electron chi connectivity index (χ2n) is 4.93. The lowest BCUT2D eigenvalue weighted by atomic mass is 9.91. The number of rotatable bonds is 1. The summed E-state index contributed by atoms with van der Waals surface area (Å²) in [5, 5.41) is 0. The van der Waals surface area contributed by atoms with Crippen molar-refractivity contribution in [2.45, 2.75) is 38.4 Å². The molecule has 0 aromatic heterocycles. The van der Waals surface area contributed by atoms with Gasteiger partial charge in [0, 0.05) is 30.6 Å². The topological polar surface area (TPSA) is 54.0 Å². The van der Waals surface area contributed by atoms with Crippen molar-refractivity contribution in [3.05, 3.63) is 0 Å². The lowest BCUT2D eigenvalue weighted by Crippen LogP contribution is -2.51. The molecule has 0 aromatic carbocycles. The molecule has 1 atom stereocenters. The van der Waals surface area contributed by atoms with Crippen LogP contribution < -0.4 is 5.73 Å². The highest BCUT2D eigenvalue weighted by Crippen LogP contribution is 2.21. The summed E-state index contributed by atoms with van der Waals surface area (Å²) in [7, 11) is 0. The largest absolute Gasteiger partial charge is 0.325 e. The molecule has 0 amide bonds. The molecule has 0 spiro atoms. The normalized spacial score (nSPS) is 31.4. The van der Waals surface area contributed by atoms with E-state index >= 15 is 0 Å². The van der Waals surface area contributed by atoms with Gasteiger partial charge in [-0.3, -0.25) is 14.9 Å². The zero-order valence-electron chi connectivity index (χ0n) is 9.61. The molecule has 1 fully saturated rings. The predicted octanol–water partition coefficient (Wildman–Crippen LogP) is 0.671. The zero-order chi connectivity index (χ0) is 10.9. The molecule has 4 heteroatoms. The fourth-order valence-electron chi connectivity index (χ4n) is 2.05. The second kappa shape index (κ2) is 4.02. The SMILES string of the molecule is CC1=NCC(N2CCC(C)(N)CC2)N=C1. The summed E-state index contributed by atoms with van der Waals surface area (Å²) in [6, 6.07) is 0. The number of likely N-dealkylation sites (tertiary alicyclic amines) is 1. The van der Waals surface area contributed by atoms with Crippen molar-refractivity contribution in [1.82, 2.24) is 4.90 Å². The van der Waals surface area contributed by atoms with Gasteiger partial charge in [-0.1, -0.05) is 0 Å². The van der Waals surface area contributed by atoms with Crippen molar-refractivity contribution in [3.8, 4) is 0 Å². The Hall–Kier alpha value is -0.740. The minimum atomic E-state index is 0.0219. The Morgan fingerprint density at radius 3 is 2.67 bits per heavy atom. The van der Waals surface area contributed by atoms with Crippen LogP contribution in [-0.2, 0) is 0 Å². The highest BCUT2D eigenvalue weighted by atomic mass is 15.3. The molecule has 0 radical (unpaired) electrons. The summed E-state index contributed by atoms with van der Waals surface area (Å²) in [5.74, 6) is 0. The van der Waals surface area contributed by atoms with Crippen molar-refractivity contribution in [3.63, 3.8) is 0 Å². The van der Waals surface area contributed by atoms with Crippen molar-refractivity contribution in [2.24, 2.45) is 15.7 Å². The van der Waals surface area contributed by atoms with E-state index in [9.17, 15) is 0 Å². The Morgan fingerprint density at radius 1 is 1.47 bits per heavy atom. The molecule has 84 valence electrons. The first-order chi connectivity index (χ1) is 7.07. The Labute approximate surface area is 91.3 Å². The van der Waals surface area contributed by atoms with E-state index in [1.165, 1.54) is 0 Å². The smallest absolute Gasteiger partial charge is 0.122 e. The van der Waals surface area contributed by atoms with E-state index < -0.39 is 0 Å². The van der Waals surface area contributed by atoms with Gasteiger partial charge in [-0.15, -0.1) is 0 Å². The molecule has 0 aromatic rings. The van der Waals surface area contributed by atoms with Crippen LogP contribution in [0.1, 0.15) is 26.7 Å². The Balaban J connectivity index is 1.90. The van der Waals surface area contributed by atoms with Crippen LogP contribution >= 0.6 is 0 Å².